The van der Waals surface area contributed by atoms with Crippen LogP contribution in [0.1, 0.15) is 24.2 Å². The predicted molar refractivity (Wildman–Crippen MR) is 80.6 cm³/mol. The Morgan fingerprint density at radius 1 is 1.28 bits per heavy atom. The molecule has 96 valence electrons. The van der Waals surface area contributed by atoms with Crippen molar-refractivity contribution in [1.29, 1.82) is 0 Å². The molecule has 1 aromatic carbocycles. The first-order valence-electron chi connectivity index (χ1n) is 5.79. The smallest absolute Gasteiger partial charge is 0.0748 e. The van der Waals surface area contributed by atoms with Crippen LogP contribution in [0.25, 0.3) is 0 Å². The van der Waals surface area contributed by atoms with E-state index in [9.17, 15) is 0 Å². The van der Waals surface area contributed by atoms with Crippen LogP contribution in [-0.2, 0) is 7.05 Å². The maximum Gasteiger partial charge on any atom is 0.0748 e. The molecule has 1 unspecified atom stereocenters. The van der Waals surface area contributed by atoms with Crippen molar-refractivity contribution in [1.82, 2.24) is 15.1 Å². The Balaban J connectivity index is 2.44. The standard InChI is InChI=1S/C13H15Br2N3/c1-3-16-13(12-4-5-17-18(12)2)9-6-10(14)8-11(15)7-9/h4-8,13,16H,3H2,1-2H3. The fourth-order valence-corrected chi connectivity index (χ4v) is 3.34. The van der Waals surface area contributed by atoms with Gasteiger partial charge in [-0.15, -0.1) is 0 Å². The molecule has 0 spiro atoms. The van der Waals surface area contributed by atoms with Gasteiger partial charge in [0, 0.05) is 22.2 Å². The van der Waals surface area contributed by atoms with Crippen LogP contribution in [-0.4, -0.2) is 16.3 Å². The summed E-state index contributed by atoms with van der Waals surface area (Å²) in [5.74, 6) is 0. The Morgan fingerprint density at radius 2 is 1.94 bits per heavy atom. The second-order valence-electron chi connectivity index (χ2n) is 4.07. The lowest BCUT2D eigenvalue weighted by molar-refractivity contribution is 0.572. The lowest BCUT2D eigenvalue weighted by atomic mass is 10.0. The summed E-state index contributed by atoms with van der Waals surface area (Å²) in [6.45, 7) is 3.01. The van der Waals surface area contributed by atoms with Gasteiger partial charge in [-0.25, -0.2) is 0 Å². The van der Waals surface area contributed by atoms with E-state index in [1.54, 1.807) is 0 Å². The number of aromatic nitrogens is 2. The molecule has 1 heterocycles. The van der Waals surface area contributed by atoms with Crippen LogP contribution in [0.2, 0.25) is 0 Å². The number of hydrogen-bond acceptors (Lipinski definition) is 2. The molecule has 0 aliphatic carbocycles. The van der Waals surface area contributed by atoms with Gasteiger partial charge in [-0.1, -0.05) is 38.8 Å². The molecule has 0 amide bonds. The van der Waals surface area contributed by atoms with E-state index in [1.807, 2.05) is 30.1 Å². The summed E-state index contributed by atoms with van der Waals surface area (Å²) in [6, 6.07) is 8.49. The highest BCUT2D eigenvalue weighted by Crippen LogP contribution is 2.27. The van der Waals surface area contributed by atoms with E-state index >= 15 is 0 Å². The molecule has 0 fully saturated rings. The zero-order chi connectivity index (χ0) is 13.1. The number of halogens is 2. The minimum Gasteiger partial charge on any atom is -0.305 e. The summed E-state index contributed by atoms with van der Waals surface area (Å²) in [4.78, 5) is 0. The summed E-state index contributed by atoms with van der Waals surface area (Å²) in [6.07, 6.45) is 1.83. The Labute approximate surface area is 124 Å². The average molecular weight is 373 g/mol. The zero-order valence-electron chi connectivity index (χ0n) is 10.3. The quantitative estimate of drug-likeness (QED) is 0.887. The third-order valence-electron chi connectivity index (χ3n) is 2.78. The number of hydrogen-bond donors (Lipinski definition) is 1. The molecule has 5 heteroatoms. The molecule has 0 bridgehead atoms. The fraction of sp³-hybridized carbons (Fsp3) is 0.308. The average Bonchev–Trinajstić information content (AvgIpc) is 2.71. The van der Waals surface area contributed by atoms with Gasteiger partial charge in [0.15, 0.2) is 0 Å². The van der Waals surface area contributed by atoms with E-state index in [1.165, 1.54) is 5.56 Å². The summed E-state index contributed by atoms with van der Waals surface area (Å²) in [5, 5.41) is 7.74. The number of nitrogens with zero attached hydrogens (tertiary/aromatic N) is 2. The van der Waals surface area contributed by atoms with Crippen LogP contribution in [0.3, 0.4) is 0 Å². The van der Waals surface area contributed by atoms with Gasteiger partial charge in [0.2, 0.25) is 0 Å². The predicted octanol–water partition coefficient (Wildman–Crippen LogP) is 3.64. The molecule has 2 rings (SSSR count). The summed E-state index contributed by atoms with van der Waals surface area (Å²) < 4.78 is 4.04. The van der Waals surface area contributed by atoms with E-state index in [0.29, 0.717) is 0 Å². The van der Waals surface area contributed by atoms with Crippen LogP contribution in [0.15, 0.2) is 39.4 Å². The first kappa shape index (κ1) is 13.8. The molecule has 1 N–H and O–H groups in total. The molecule has 2 aromatic rings. The van der Waals surface area contributed by atoms with Crippen LogP contribution < -0.4 is 5.32 Å². The molecule has 3 nitrogen and oxygen atoms in total. The minimum absolute atomic E-state index is 0.149. The molecular formula is C13H15Br2N3. The van der Waals surface area contributed by atoms with Gasteiger partial charge in [0.25, 0.3) is 0 Å². The molecule has 1 atom stereocenters. The van der Waals surface area contributed by atoms with Gasteiger partial charge in [-0.3, -0.25) is 4.68 Å². The third-order valence-corrected chi connectivity index (χ3v) is 3.70. The summed E-state index contributed by atoms with van der Waals surface area (Å²) in [5.41, 5.74) is 2.36. The third kappa shape index (κ3) is 3.02. The number of nitrogens with one attached hydrogen (secondary N) is 1. The largest absolute Gasteiger partial charge is 0.305 e. The fourth-order valence-electron chi connectivity index (χ4n) is 2.01. The lowest BCUT2D eigenvalue weighted by Crippen LogP contribution is -2.24. The van der Waals surface area contributed by atoms with E-state index < -0.39 is 0 Å². The van der Waals surface area contributed by atoms with Crippen LogP contribution in [0, 0.1) is 0 Å². The summed E-state index contributed by atoms with van der Waals surface area (Å²) in [7, 11) is 1.96. The topological polar surface area (TPSA) is 29.9 Å². The number of aryl methyl sites for hydroxylation is 1. The van der Waals surface area contributed by atoms with E-state index in [0.717, 1.165) is 21.2 Å². The molecule has 0 aliphatic heterocycles. The zero-order valence-corrected chi connectivity index (χ0v) is 13.5. The Morgan fingerprint density at radius 3 is 2.44 bits per heavy atom. The highest BCUT2D eigenvalue weighted by molar-refractivity contribution is 9.11. The van der Waals surface area contributed by atoms with Crippen molar-refractivity contribution in [3.8, 4) is 0 Å². The highest BCUT2D eigenvalue weighted by Gasteiger charge is 2.17. The Kier molecular flexibility index (Phi) is 4.59. The first-order chi connectivity index (χ1) is 8.61. The van der Waals surface area contributed by atoms with Crippen LogP contribution in [0.4, 0.5) is 0 Å². The van der Waals surface area contributed by atoms with Crippen molar-refractivity contribution in [2.24, 2.45) is 7.05 Å². The van der Waals surface area contributed by atoms with Crippen molar-refractivity contribution in [2.45, 2.75) is 13.0 Å². The second-order valence-corrected chi connectivity index (χ2v) is 5.90. The minimum atomic E-state index is 0.149. The maximum absolute atomic E-state index is 4.24. The number of benzene rings is 1. The van der Waals surface area contributed by atoms with E-state index in [2.05, 4.69) is 61.3 Å². The van der Waals surface area contributed by atoms with Gasteiger partial charge in [0.1, 0.15) is 0 Å². The van der Waals surface area contributed by atoms with Crippen molar-refractivity contribution in [3.05, 3.63) is 50.7 Å². The van der Waals surface area contributed by atoms with Crippen LogP contribution >= 0.6 is 31.9 Å². The Hall–Kier alpha value is -0.650. The second kappa shape index (κ2) is 5.99. The molecular weight excluding hydrogens is 358 g/mol. The van der Waals surface area contributed by atoms with Crippen LogP contribution in [0.5, 0.6) is 0 Å². The molecule has 0 saturated carbocycles. The van der Waals surface area contributed by atoms with Gasteiger partial charge >= 0.3 is 0 Å². The van der Waals surface area contributed by atoms with Gasteiger partial charge in [-0.2, -0.15) is 5.10 Å². The normalized spacial score (nSPS) is 12.7. The molecule has 0 saturated heterocycles. The maximum atomic E-state index is 4.24. The highest BCUT2D eigenvalue weighted by atomic mass is 79.9. The van der Waals surface area contributed by atoms with E-state index in [4.69, 9.17) is 0 Å². The van der Waals surface area contributed by atoms with E-state index in [-0.39, 0.29) is 6.04 Å². The SMILES string of the molecule is CCNC(c1cc(Br)cc(Br)c1)c1ccnn1C. The van der Waals surface area contributed by atoms with Gasteiger partial charge < -0.3 is 5.32 Å². The van der Waals surface area contributed by atoms with Crippen molar-refractivity contribution >= 4 is 31.9 Å². The Bertz CT molecular complexity index is 517. The van der Waals surface area contributed by atoms with Gasteiger partial charge in [0.05, 0.1) is 11.7 Å². The lowest BCUT2D eigenvalue weighted by Gasteiger charge is -2.19. The monoisotopic (exact) mass is 371 g/mol. The van der Waals surface area contributed by atoms with Crippen molar-refractivity contribution < 1.29 is 0 Å². The van der Waals surface area contributed by atoms with Gasteiger partial charge in [-0.05, 0) is 36.4 Å². The van der Waals surface area contributed by atoms with Crippen molar-refractivity contribution in [3.63, 3.8) is 0 Å². The van der Waals surface area contributed by atoms with Crippen molar-refractivity contribution in [2.75, 3.05) is 6.54 Å². The molecule has 1 aromatic heterocycles. The first-order valence-corrected chi connectivity index (χ1v) is 7.37. The summed E-state index contributed by atoms with van der Waals surface area (Å²) >= 11 is 7.07. The molecule has 18 heavy (non-hydrogen) atoms. The number of rotatable bonds is 4. The molecule has 0 radical (unpaired) electrons. The molecule has 0 aliphatic rings.